The zero-order valence-electron chi connectivity index (χ0n) is 49.5. The zero-order valence-corrected chi connectivity index (χ0v) is 49.5. The summed E-state index contributed by atoms with van der Waals surface area (Å²) in [7, 11) is 0. The molecule has 0 aliphatic carbocycles. The summed E-state index contributed by atoms with van der Waals surface area (Å²) in [5, 5.41) is 54.4. The fourth-order valence-electron chi connectivity index (χ4n) is 7.88. The van der Waals surface area contributed by atoms with Gasteiger partial charge in [-0.3, -0.25) is 72.1 Å². The number of aliphatic carboxylic acids is 3. The number of carboxylic acids is 3. The van der Waals surface area contributed by atoms with E-state index in [2.05, 4.69) is 63.5 Å². The van der Waals surface area contributed by atoms with Gasteiger partial charge >= 0.3 is 17.9 Å². The maximum Gasteiger partial charge on any atom is 0.326 e. The number of benzene rings is 1. The Hall–Kier alpha value is -9.50. The van der Waals surface area contributed by atoms with Crippen molar-refractivity contribution in [3.05, 3.63) is 35.9 Å². The van der Waals surface area contributed by atoms with Crippen molar-refractivity contribution in [1.82, 2.24) is 58.5 Å². The summed E-state index contributed by atoms with van der Waals surface area (Å²) in [6, 6.07) is -6.60. The van der Waals surface area contributed by atoms with E-state index in [4.69, 9.17) is 22.9 Å². The number of amides is 12. The Bertz CT molecular complexity index is 2640. The van der Waals surface area contributed by atoms with E-state index in [0.717, 1.165) is 13.8 Å². The predicted octanol–water partition coefficient (Wildman–Crippen LogP) is -6.34. The number of carbonyl (C=O) groups excluding carboxylic acids is 12. The van der Waals surface area contributed by atoms with Crippen LogP contribution in [0.15, 0.2) is 35.3 Å². The van der Waals surface area contributed by atoms with E-state index < -0.39 is 181 Å². The second-order valence-corrected chi connectivity index (χ2v) is 20.8. The van der Waals surface area contributed by atoms with Gasteiger partial charge in [-0.15, -0.1) is 0 Å². The van der Waals surface area contributed by atoms with Crippen molar-refractivity contribution in [2.24, 2.45) is 39.8 Å². The largest absolute Gasteiger partial charge is 0.481 e. The first kappa shape index (κ1) is 75.5. The van der Waals surface area contributed by atoms with Crippen molar-refractivity contribution < 1.29 is 87.2 Å². The molecular weight excluding hydrogens is 1150 g/mol. The lowest BCUT2D eigenvalue weighted by molar-refractivity contribution is -0.143. The molecule has 0 aromatic heterocycles. The lowest BCUT2D eigenvalue weighted by Gasteiger charge is -2.28. The van der Waals surface area contributed by atoms with Crippen molar-refractivity contribution in [2.45, 2.75) is 167 Å². The molecule has 484 valence electrons. The molecule has 22 N–H and O–H groups in total. The Morgan fingerprint density at radius 2 is 0.966 bits per heavy atom. The molecule has 0 heterocycles. The zero-order chi connectivity index (χ0) is 66.2. The number of carbonyl (C=O) groups is 15. The van der Waals surface area contributed by atoms with Crippen LogP contribution < -0.4 is 81.4 Å². The van der Waals surface area contributed by atoms with E-state index >= 15 is 0 Å². The van der Waals surface area contributed by atoms with Crippen molar-refractivity contribution in [1.29, 1.82) is 0 Å². The minimum absolute atomic E-state index is 0.0110. The summed E-state index contributed by atoms with van der Waals surface area (Å²) in [4.78, 5) is 197. The van der Waals surface area contributed by atoms with Crippen molar-refractivity contribution in [3.63, 3.8) is 0 Å². The van der Waals surface area contributed by atoms with Crippen LogP contribution in [0.3, 0.4) is 0 Å². The highest BCUT2D eigenvalue weighted by molar-refractivity contribution is 6.00. The van der Waals surface area contributed by atoms with Crippen LogP contribution in [0.4, 0.5) is 0 Å². The quantitative estimate of drug-likeness (QED) is 0.0165. The summed E-state index contributed by atoms with van der Waals surface area (Å²) in [5.41, 5.74) is 22.0. The van der Waals surface area contributed by atoms with Gasteiger partial charge in [0.05, 0.1) is 25.9 Å². The molecule has 0 saturated heterocycles. The standard InChI is InChI=1S/C53H84N16O18/c1-8-26(4)42(51(85)66-32(52(86)87)15-12-18-58-53(56)57)69-50(84)36(22-41(75)76)68-44(78)28(6)60-43(77)27(5)62-48(82)35(21-40(73)74)64-39(72)24-59-46(80)33(19-25(2)3)67-45(79)29(7)61-47(81)31(16-17-37(55)70)65-49(83)34(63-38(71)23-54)20-30-13-10-9-11-14-30/h9-11,13-14,25-29,31-36,42H,8,12,15-24,54H2,1-7H3,(H2,55,70)(H,59,80)(H,60,77)(H,61,81)(H,62,82)(H,63,71)(H,64,72)(H,65,83)(H,66,85)(H,67,79)(H,68,78)(H,69,84)(H,73,74)(H,75,76)(H,86,87)(H4,56,57,58)/t26-,27-,28-,29-,31-,32-,33-,34-,35-,36-,42-/m0/s1. The van der Waals surface area contributed by atoms with Gasteiger partial charge in [-0.25, -0.2) is 4.79 Å². The number of nitrogens with zero attached hydrogens (tertiary/aromatic N) is 1. The third kappa shape index (κ3) is 29.7. The van der Waals surface area contributed by atoms with E-state index in [-0.39, 0.29) is 63.4 Å². The van der Waals surface area contributed by atoms with E-state index in [9.17, 15) is 87.2 Å². The number of primary amides is 1. The lowest BCUT2D eigenvalue weighted by atomic mass is 9.97. The normalized spacial score (nSPS) is 14.6. The number of nitrogens with one attached hydrogen (secondary N) is 11. The van der Waals surface area contributed by atoms with Gasteiger partial charge in [-0.05, 0) is 63.9 Å². The summed E-state index contributed by atoms with van der Waals surface area (Å²) in [6.45, 7) is 8.79. The first-order chi connectivity index (χ1) is 40.7. The first-order valence-electron chi connectivity index (χ1n) is 27.7. The average molecular weight is 1230 g/mol. The van der Waals surface area contributed by atoms with Crippen LogP contribution in [0, 0.1) is 11.8 Å². The van der Waals surface area contributed by atoms with E-state index in [1.807, 2.05) is 0 Å². The maximum atomic E-state index is 13.6. The molecule has 1 aromatic carbocycles. The number of guanidine groups is 1. The molecule has 0 radical (unpaired) electrons. The second kappa shape index (κ2) is 38.4. The molecule has 0 spiro atoms. The fraction of sp³-hybridized carbons (Fsp3) is 0.585. The van der Waals surface area contributed by atoms with Crippen LogP contribution in [0.5, 0.6) is 0 Å². The van der Waals surface area contributed by atoms with Crippen LogP contribution in [-0.4, -0.2) is 190 Å². The summed E-state index contributed by atoms with van der Waals surface area (Å²) in [5.74, 6) is -17.5. The van der Waals surface area contributed by atoms with Crippen LogP contribution >= 0.6 is 0 Å². The van der Waals surface area contributed by atoms with Gasteiger partial charge in [-0.2, -0.15) is 0 Å². The molecule has 0 saturated carbocycles. The van der Waals surface area contributed by atoms with Crippen LogP contribution in [0.25, 0.3) is 0 Å². The lowest BCUT2D eigenvalue weighted by Crippen LogP contribution is -2.60. The fourth-order valence-corrected chi connectivity index (χ4v) is 7.88. The molecule has 0 bridgehead atoms. The second-order valence-electron chi connectivity index (χ2n) is 20.8. The van der Waals surface area contributed by atoms with Gasteiger partial charge in [-0.1, -0.05) is 64.4 Å². The van der Waals surface area contributed by atoms with Gasteiger partial charge in [0.2, 0.25) is 70.9 Å². The molecule has 1 aromatic rings. The highest BCUT2D eigenvalue weighted by Gasteiger charge is 2.36. The Morgan fingerprint density at radius 3 is 1.46 bits per heavy atom. The van der Waals surface area contributed by atoms with Crippen LogP contribution in [0.2, 0.25) is 0 Å². The Balaban J connectivity index is 3.07. The highest BCUT2D eigenvalue weighted by atomic mass is 16.4. The topological polar surface area (TPSA) is 566 Å². The molecule has 0 unspecified atom stereocenters. The summed E-state index contributed by atoms with van der Waals surface area (Å²) in [6.07, 6.45) is -2.51. The molecule has 0 aliphatic rings. The number of hydrogen-bond donors (Lipinski definition) is 18. The predicted molar refractivity (Wildman–Crippen MR) is 308 cm³/mol. The Morgan fingerprint density at radius 1 is 0.506 bits per heavy atom. The first-order valence-corrected chi connectivity index (χ1v) is 27.7. The van der Waals surface area contributed by atoms with Gasteiger partial charge in [0.1, 0.15) is 60.4 Å². The molecule has 11 atom stereocenters. The van der Waals surface area contributed by atoms with Gasteiger partial charge < -0.3 is 96.7 Å². The number of carboxylic acid groups (broad SMARTS) is 3. The maximum absolute atomic E-state index is 13.6. The average Bonchev–Trinajstić information content (AvgIpc) is 3.57. The SMILES string of the molecule is CC[C@H](C)[C@H](NC(=O)[C@H](CC(=O)O)NC(=O)[C@H](C)NC(=O)[C@H](C)NC(=O)[C@H](CC(=O)O)NC(=O)CNC(=O)[C@H](CC(C)C)NC(=O)[C@H](C)NC(=O)[C@H](CCC(N)=O)NC(=O)[C@H](Cc1ccccc1)NC(=O)CN)C(=O)N[C@@H](CCCN=C(N)N)C(=O)O. The summed E-state index contributed by atoms with van der Waals surface area (Å²) < 4.78 is 0. The number of hydrogen-bond acceptors (Lipinski definition) is 17. The van der Waals surface area contributed by atoms with Crippen molar-refractivity contribution >= 4 is 94.8 Å². The van der Waals surface area contributed by atoms with Crippen molar-refractivity contribution in [2.75, 3.05) is 19.6 Å². The van der Waals surface area contributed by atoms with E-state index in [1.54, 1.807) is 58.0 Å². The molecule has 0 aliphatic heterocycles. The molecule has 34 heteroatoms. The number of nitrogens with two attached hydrogens (primary N) is 4. The third-order valence-corrected chi connectivity index (χ3v) is 12.8. The van der Waals surface area contributed by atoms with Gasteiger partial charge in [0.25, 0.3) is 0 Å². The minimum atomic E-state index is -1.88. The smallest absolute Gasteiger partial charge is 0.326 e. The highest BCUT2D eigenvalue weighted by Crippen LogP contribution is 2.12. The molecule has 12 amide bonds. The molecule has 34 nitrogen and oxygen atoms in total. The monoisotopic (exact) mass is 1230 g/mol. The summed E-state index contributed by atoms with van der Waals surface area (Å²) >= 11 is 0. The molecule has 0 fully saturated rings. The van der Waals surface area contributed by atoms with E-state index in [0.29, 0.717) is 5.56 Å². The number of aliphatic imine (C=N–C) groups is 1. The molecular formula is C53H84N16O18. The van der Waals surface area contributed by atoms with Gasteiger partial charge in [0, 0.05) is 19.4 Å². The third-order valence-electron chi connectivity index (χ3n) is 12.8. The minimum Gasteiger partial charge on any atom is -0.481 e. The van der Waals surface area contributed by atoms with Crippen LogP contribution in [0.1, 0.15) is 105 Å². The molecule has 1 rings (SSSR count). The Labute approximate surface area is 501 Å². The number of rotatable bonds is 40. The molecule has 87 heavy (non-hydrogen) atoms. The Kier molecular flexibility index (Phi) is 33.4. The van der Waals surface area contributed by atoms with Gasteiger partial charge in [0.15, 0.2) is 5.96 Å². The van der Waals surface area contributed by atoms with E-state index in [1.165, 1.54) is 6.92 Å². The van der Waals surface area contributed by atoms with Crippen LogP contribution in [-0.2, 0) is 78.3 Å². The van der Waals surface area contributed by atoms with Crippen molar-refractivity contribution in [3.8, 4) is 0 Å².